The van der Waals surface area contributed by atoms with Crippen molar-refractivity contribution in [2.24, 2.45) is 0 Å². The molecule has 3 aromatic rings. The largest absolute Gasteiger partial charge is 0.497 e. The second-order valence-corrected chi connectivity index (χ2v) is 6.56. The number of carbonyl (C=O) groups excluding carboxylic acids is 2. The molecule has 2 unspecified atom stereocenters. The predicted octanol–water partition coefficient (Wildman–Crippen LogP) is 3.01. The Morgan fingerprint density at radius 3 is 2.60 bits per heavy atom. The molecule has 156 valence electrons. The van der Waals surface area contributed by atoms with E-state index in [0.717, 1.165) is 5.56 Å². The number of methoxy groups -OCH3 is 1. The minimum Gasteiger partial charge on any atom is -0.497 e. The maximum absolute atomic E-state index is 12.5. The summed E-state index contributed by atoms with van der Waals surface area (Å²) in [5.74, 6) is 0.434. The van der Waals surface area contributed by atoms with Gasteiger partial charge in [0.25, 0.3) is 5.89 Å². The van der Waals surface area contributed by atoms with Crippen molar-refractivity contribution in [1.82, 2.24) is 20.4 Å². The first-order valence-corrected chi connectivity index (χ1v) is 9.30. The Hall–Kier alpha value is -3.75. The van der Waals surface area contributed by atoms with Crippen LogP contribution < -0.4 is 10.1 Å². The summed E-state index contributed by atoms with van der Waals surface area (Å²) < 4.78 is 15.8. The molecule has 2 heterocycles. The van der Waals surface area contributed by atoms with Crippen LogP contribution in [0.25, 0.3) is 11.4 Å². The molecule has 0 spiro atoms. The van der Waals surface area contributed by atoms with Crippen molar-refractivity contribution in [2.45, 2.75) is 32.4 Å². The SMILES string of the molecule is COc1ccc(C(CC(=O)OC(C)c2nc(-c3cccnc3)no2)NC(C)=O)cc1. The van der Waals surface area contributed by atoms with Crippen molar-refractivity contribution in [1.29, 1.82) is 0 Å². The van der Waals surface area contributed by atoms with Gasteiger partial charge in [-0.2, -0.15) is 4.98 Å². The van der Waals surface area contributed by atoms with Gasteiger partial charge in [-0.1, -0.05) is 17.3 Å². The van der Waals surface area contributed by atoms with Crippen LogP contribution in [-0.2, 0) is 14.3 Å². The van der Waals surface area contributed by atoms with E-state index in [1.807, 2.05) is 0 Å². The fourth-order valence-electron chi connectivity index (χ4n) is 2.81. The summed E-state index contributed by atoms with van der Waals surface area (Å²) in [6.07, 6.45) is 2.45. The van der Waals surface area contributed by atoms with E-state index < -0.39 is 18.1 Å². The average Bonchev–Trinajstić information content (AvgIpc) is 3.24. The quantitative estimate of drug-likeness (QED) is 0.563. The molecule has 1 amide bonds. The lowest BCUT2D eigenvalue weighted by molar-refractivity contribution is -0.150. The van der Waals surface area contributed by atoms with Crippen LogP contribution in [-0.4, -0.2) is 34.1 Å². The van der Waals surface area contributed by atoms with Gasteiger partial charge in [0.2, 0.25) is 11.7 Å². The summed E-state index contributed by atoms with van der Waals surface area (Å²) >= 11 is 0. The first-order valence-electron chi connectivity index (χ1n) is 9.30. The second kappa shape index (κ2) is 9.64. The van der Waals surface area contributed by atoms with Crippen LogP contribution in [0.15, 0.2) is 53.3 Å². The smallest absolute Gasteiger partial charge is 0.309 e. The molecule has 0 aliphatic rings. The molecule has 9 nitrogen and oxygen atoms in total. The number of hydrogen-bond donors (Lipinski definition) is 1. The fraction of sp³-hybridized carbons (Fsp3) is 0.286. The standard InChI is InChI=1S/C21H22N4O5/c1-13(21-24-20(25-30-21)16-5-4-10-22-12-16)29-19(27)11-18(23-14(2)26)15-6-8-17(28-3)9-7-15/h4-10,12-13,18H,11H2,1-3H3,(H,23,26). The predicted molar refractivity (Wildman–Crippen MR) is 106 cm³/mol. The van der Waals surface area contributed by atoms with E-state index in [2.05, 4.69) is 20.4 Å². The molecule has 0 saturated carbocycles. The number of benzene rings is 1. The summed E-state index contributed by atoms with van der Waals surface area (Å²) in [7, 11) is 1.57. The van der Waals surface area contributed by atoms with Crippen LogP contribution in [0.1, 0.15) is 43.9 Å². The van der Waals surface area contributed by atoms with E-state index in [-0.39, 0.29) is 18.2 Å². The van der Waals surface area contributed by atoms with Gasteiger partial charge in [-0.3, -0.25) is 14.6 Å². The molecule has 0 aliphatic carbocycles. The Bertz CT molecular complexity index is 988. The van der Waals surface area contributed by atoms with Crippen LogP contribution in [0.2, 0.25) is 0 Å². The zero-order valence-electron chi connectivity index (χ0n) is 16.9. The van der Waals surface area contributed by atoms with E-state index in [4.69, 9.17) is 14.0 Å². The lowest BCUT2D eigenvalue weighted by Crippen LogP contribution is -2.28. The van der Waals surface area contributed by atoms with Gasteiger partial charge in [-0.05, 0) is 36.8 Å². The first kappa shape index (κ1) is 21.0. The second-order valence-electron chi connectivity index (χ2n) is 6.56. The highest BCUT2D eigenvalue weighted by Crippen LogP contribution is 2.24. The Morgan fingerprint density at radius 2 is 1.97 bits per heavy atom. The van der Waals surface area contributed by atoms with Gasteiger partial charge in [-0.15, -0.1) is 0 Å². The van der Waals surface area contributed by atoms with Gasteiger partial charge >= 0.3 is 5.97 Å². The normalized spacial score (nSPS) is 12.6. The molecule has 0 saturated heterocycles. The Morgan fingerprint density at radius 1 is 1.20 bits per heavy atom. The topological polar surface area (TPSA) is 116 Å². The highest BCUT2D eigenvalue weighted by atomic mass is 16.6. The molecule has 0 bridgehead atoms. The monoisotopic (exact) mass is 410 g/mol. The Balaban J connectivity index is 1.65. The van der Waals surface area contributed by atoms with Crippen molar-refractivity contribution in [3.8, 4) is 17.1 Å². The maximum atomic E-state index is 12.5. The minimum atomic E-state index is -0.746. The number of hydrogen-bond acceptors (Lipinski definition) is 8. The summed E-state index contributed by atoms with van der Waals surface area (Å²) in [5.41, 5.74) is 1.45. The third kappa shape index (κ3) is 5.40. The molecule has 0 aliphatic heterocycles. The fourth-order valence-corrected chi connectivity index (χ4v) is 2.81. The van der Waals surface area contributed by atoms with Gasteiger partial charge < -0.3 is 19.3 Å². The van der Waals surface area contributed by atoms with Gasteiger partial charge in [0.05, 0.1) is 19.6 Å². The summed E-state index contributed by atoms with van der Waals surface area (Å²) in [4.78, 5) is 32.4. The molecule has 2 aromatic heterocycles. The van der Waals surface area contributed by atoms with E-state index in [0.29, 0.717) is 17.1 Å². The summed E-state index contributed by atoms with van der Waals surface area (Å²) in [5, 5.41) is 6.66. The van der Waals surface area contributed by atoms with Crippen LogP contribution in [0.5, 0.6) is 5.75 Å². The molecule has 0 fully saturated rings. The van der Waals surface area contributed by atoms with E-state index in [1.165, 1.54) is 6.92 Å². The molecular weight excluding hydrogens is 388 g/mol. The number of rotatable bonds is 8. The number of ether oxygens (including phenoxy) is 2. The minimum absolute atomic E-state index is 0.0557. The molecule has 2 atom stereocenters. The molecular formula is C21H22N4O5. The molecule has 3 rings (SSSR count). The van der Waals surface area contributed by atoms with Crippen molar-refractivity contribution in [3.63, 3.8) is 0 Å². The summed E-state index contributed by atoms with van der Waals surface area (Å²) in [6, 6.07) is 10.1. The lowest BCUT2D eigenvalue weighted by atomic mass is 10.0. The van der Waals surface area contributed by atoms with Gasteiger partial charge in [0.1, 0.15) is 5.75 Å². The molecule has 1 N–H and O–H groups in total. The lowest BCUT2D eigenvalue weighted by Gasteiger charge is -2.19. The van der Waals surface area contributed by atoms with E-state index >= 15 is 0 Å². The molecule has 30 heavy (non-hydrogen) atoms. The van der Waals surface area contributed by atoms with Gasteiger partial charge in [-0.25, -0.2) is 0 Å². The van der Waals surface area contributed by atoms with E-state index in [1.54, 1.807) is 62.8 Å². The zero-order chi connectivity index (χ0) is 21.5. The maximum Gasteiger partial charge on any atom is 0.309 e. The van der Waals surface area contributed by atoms with Crippen molar-refractivity contribution < 1.29 is 23.6 Å². The van der Waals surface area contributed by atoms with Crippen LogP contribution in [0, 0.1) is 0 Å². The highest BCUT2D eigenvalue weighted by molar-refractivity contribution is 5.76. The number of amides is 1. The van der Waals surface area contributed by atoms with Crippen molar-refractivity contribution in [3.05, 3.63) is 60.2 Å². The van der Waals surface area contributed by atoms with Crippen LogP contribution in [0.4, 0.5) is 0 Å². The van der Waals surface area contributed by atoms with Crippen LogP contribution >= 0.6 is 0 Å². The number of esters is 1. The van der Waals surface area contributed by atoms with Gasteiger partial charge in [0.15, 0.2) is 6.10 Å². The third-order valence-corrected chi connectivity index (χ3v) is 4.28. The zero-order valence-corrected chi connectivity index (χ0v) is 16.9. The Labute approximate surface area is 173 Å². The van der Waals surface area contributed by atoms with Crippen molar-refractivity contribution in [2.75, 3.05) is 7.11 Å². The van der Waals surface area contributed by atoms with Gasteiger partial charge in [0, 0.05) is 24.9 Å². The Kier molecular flexibility index (Phi) is 6.74. The number of carbonyl (C=O) groups is 2. The molecule has 0 radical (unpaired) electrons. The molecule has 1 aromatic carbocycles. The van der Waals surface area contributed by atoms with Crippen molar-refractivity contribution >= 4 is 11.9 Å². The number of aromatic nitrogens is 3. The molecule has 9 heteroatoms. The number of nitrogens with zero attached hydrogens (tertiary/aromatic N) is 3. The summed E-state index contributed by atoms with van der Waals surface area (Å²) in [6.45, 7) is 3.03. The third-order valence-electron chi connectivity index (χ3n) is 4.28. The first-order chi connectivity index (χ1) is 14.5. The average molecular weight is 410 g/mol. The van der Waals surface area contributed by atoms with E-state index in [9.17, 15) is 9.59 Å². The highest BCUT2D eigenvalue weighted by Gasteiger charge is 2.23. The van der Waals surface area contributed by atoms with Crippen LogP contribution in [0.3, 0.4) is 0 Å². The number of pyridine rings is 1. The number of nitrogens with one attached hydrogen (secondary N) is 1.